The molecule has 0 radical (unpaired) electrons. The van der Waals surface area contributed by atoms with Crippen molar-refractivity contribution in [1.29, 1.82) is 0 Å². The molecule has 1 unspecified atom stereocenters. The number of nitrogens with zero attached hydrogens (tertiary/aromatic N) is 3. The molecule has 2 aromatic rings. The van der Waals surface area contributed by atoms with E-state index in [2.05, 4.69) is 36.2 Å². The summed E-state index contributed by atoms with van der Waals surface area (Å²) in [6.45, 7) is 7.20. The van der Waals surface area contributed by atoms with Crippen LogP contribution in [0.1, 0.15) is 35.5 Å². The van der Waals surface area contributed by atoms with Crippen LogP contribution in [0.5, 0.6) is 0 Å². The third-order valence-electron chi connectivity index (χ3n) is 3.36. The molecule has 4 heteroatoms. The van der Waals surface area contributed by atoms with Gasteiger partial charge >= 0.3 is 0 Å². The molecule has 0 aliphatic rings. The molecule has 0 spiro atoms. The fourth-order valence-corrected chi connectivity index (χ4v) is 2.29. The first kappa shape index (κ1) is 12.8. The molecule has 1 N–H and O–H groups in total. The van der Waals surface area contributed by atoms with Gasteiger partial charge in [0.2, 0.25) is 0 Å². The number of rotatable bonds is 4. The maximum absolute atomic E-state index is 4.45. The van der Waals surface area contributed by atoms with Crippen molar-refractivity contribution in [3.05, 3.63) is 47.0 Å². The smallest absolute Gasteiger partial charge is 0.0644 e. The van der Waals surface area contributed by atoms with Gasteiger partial charge in [0, 0.05) is 43.3 Å². The predicted octanol–water partition coefficient (Wildman–Crippen LogP) is 2.28. The Kier molecular flexibility index (Phi) is 3.77. The second kappa shape index (κ2) is 5.31. The van der Waals surface area contributed by atoms with Crippen LogP contribution in [0, 0.1) is 13.8 Å². The number of aromatic nitrogens is 3. The lowest BCUT2D eigenvalue weighted by atomic mass is 10.1. The highest BCUT2D eigenvalue weighted by molar-refractivity contribution is 5.27. The summed E-state index contributed by atoms with van der Waals surface area (Å²) >= 11 is 0. The van der Waals surface area contributed by atoms with Gasteiger partial charge in [-0.15, -0.1) is 0 Å². The van der Waals surface area contributed by atoms with Crippen LogP contribution in [-0.2, 0) is 13.6 Å². The first-order valence-electron chi connectivity index (χ1n) is 6.22. The standard InChI is InChI=1S/C14H20N4/c1-10(14-11(2)17-18(4)12(14)3)16-9-13-5-7-15-8-6-13/h5-8,10,16H,9H2,1-4H3. The van der Waals surface area contributed by atoms with Crippen molar-refractivity contribution in [2.75, 3.05) is 0 Å². The van der Waals surface area contributed by atoms with Gasteiger partial charge in [-0.2, -0.15) is 5.10 Å². The molecule has 0 saturated carbocycles. The SMILES string of the molecule is Cc1nn(C)c(C)c1C(C)NCc1ccncc1. The summed E-state index contributed by atoms with van der Waals surface area (Å²) in [5.41, 5.74) is 4.87. The van der Waals surface area contributed by atoms with E-state index in [-0.39, 0.29) is 0 Å². The Hall–Kier alpha value is -1.68. The largest absolute Gasteiger partial charge is 0.306 e. The Balaban J connectivity index is 2.06. The molecular weight excluding hydrogens is 224 g/mol. The molecular formula is C14H20N4. The lowest BCUT2D eigenvalue weighted by Crippen LogP contribution is -2.19. The van der Waals surface area contributed by atoms with Crippen molar-refractivity contribution in [3.8, 4) is 0 Å². The molecule has 96 valence electrons. The molecule has 0 aromatic carbocycles. The molecule has 0 bridgehead atoms. The normalized spacial score (nSPS) is 12.7. The molecule has 0 aliphatic heterocycles. The van der Waals surface area contributed by atoms with Gasteiger partial charge in [0.1, 0.15) is 0 Å². The molecule has 1 atom stereocenters. The van der Waals surface area contributed by atoms with Crippen LogP contribution in [0.2, 0.25) is 0 Å². The van der Waals surface area contributed by atoms with E-state index < -0.39 is 0 Å². The minimum atomic E-state index is 0.298. The van der Waals surface area contributed by atoms with E-state index in [1.165, 1.54) is 16.8 Å². The second-order valence-electron chi connectivity index (χ2n) is 4.67. The molecule has 0 saturated heterocycles. The third kappa shape index (κ3) is 2.59. The van der Waals surface area contributed by atoms with Gasteiger partial charge in [0.15, 0.2) is 0 Å². The minimum absolute atomic E-state index is 0.298. The molecule has 18 heavy (non-hydrogen) atoms. The topological polar surface area (TPSA) is 42.7 Å². The summed E-state index contributed by atoms with van der Waals surface area (Å²) in [5, 5.41) is 7.98. The first-order chi connectivity index (χ1) is 8.59. The fraction of sp³-hybridized carbons (Fsp3) is 0.429. The van der Waals surface area contributed by atoms with Gasteiger partial charge in [-0.3, -0.25) is 9.67 Å². The van der Waals surface area contributed by atoms with E-state index in [1.807, 2.05) is 36.3 Å². The molecule has 2 aromatic heterocycles. The molecule has 4 nitrogen and oxygen atoms in total. The average Bonchev–Trinajstić information content (AvgIpc) is 2.62. The zero-order valence-electron chi connectivity index (χ0n) is 11.4. The zero-order valence-corrected chi connectivity index (χ0v) is 11.4. The van der Waals surface area contributed by atoms with Gasteiger partial charge in [-0.25, -0.2) is 0 Å². The van der Waals surface area contributed by atoms with Gasteiger partial charge in [-0.05, 0) is 38.5 Å². The molecule has 0 amide bonds. The van der Waals surface area contributed by atoms with Crippen LogP contribution < -0.4 is 5.32 Å². The van der Waals surface area contributed by atoms with E-state index >= 15 is 0 Å². The monoisotopic (exact) mass is 244 g/mol. The summed E-state index contributed by atoms with van der Waals surface area (Å²) in [6, 6.07) is 4.36. The quantitative estimate of drug-likeness (QED) is 0.897. The van der Waals surface area contributed by atoms with Gasteiger partial charge in [0.25, 0.3) is 0 Å². The highest BCUT2D eigenvalue weighted by atomic mass is 15.3. The molecule has 2 rings (SSSR count). The van der Waals surface area contributed by atoms with Crippen LogP contribution in [-0.4, -0.2) is 14.8 Å². The highest BCUT2D eigenvalue weighted by Gasteiger charge is 2.15. The second-order valence-corrected chi connectivity index (χ2v) is 4.67. The average molecular weight is 244 g/mol. The van der Waals surface area contributed by atoms with Crippen molar-refractivity contribution in [2.45, 2.75) is 33.4 Å². The van der Waals surface area contributed by atoms with Crippen molar-refractivity contribution in [3.63, 3.8) is 0 Å². The van der Waals surface area contributed by atoms with E-state index in [1.54, 1.807) is 0 Å². The lowest BCUT2D eigenvalue weighted by molar-refractivity contribution is 0.568. The maximum atomic E-state index is 4.45. The lowest BCUT2D eigenvalue weighted by Gasteiger charge is -2.14. The molecule has 2 heterocycles. The van der Waals surface area contributed by atoms with E-state index in [0.717, 1.165) is 12.2 Å². The Morgan fingerprint density at radius 2 is 1.94 bits per heavy atom. The van der Waals surface area contributed by atoms with E-state index in [0.29, 0.717) is 6.04 Å². The Morgan fingerprint density at radius 1 is 1.28 bits per heavy atom. The fourth-order valence-electron chi connectivity index (χ4n) is 2.29. The van der Waals surface area contributed by atoms with Gasteiger partial charge in [0.05, 0.1) is 5.69 Å². The third-order valence-corrected chi connectivity index (χ3v) is 3.36. The Bertz CT molecular complexity index is 516. The van der Waals surface area contributed by atoms with Crippen LogP contribution in [0.3, 0.4) is 0 Å². The van der Waals surface area contributed by atoms with Crippen LogP contribution in [0.15, 0.2) is 24.5 Å². The summed E-state index contributed by atoms with van der Waals surface area (Å²) in [5.74, 6) is 0. The molecule has 0 fully saturated rings. The first-order valence-corrected chi connectivity index (χ1v) is 6.22. The summed E-state index contributed by atoms with van der Waals surface area (Å²) < 4.78 is 1.94. The minimum Gasteiger partial charge on any atom is -0.306 e. The number of hydrogen-bond acceptors (Lipinski definition) is 3. The number of hydrogen-bond donors (Lipinski definition) is 1. The Morgan fingerprint density at radius 3 is 2.50 bits per heavy atom. The van der Waals surface area contributed by atoms with Gasteiger partial charge in [-0.1, -0.05) is 0 Å². The van der Waals surface area contributed by atoms with E-state index in [9.17, 15) is 0 Å². The van der Waals surface area contributed by atoms with Crippen LogP contribution in [0.4, 0.5) is 0 Å². The highest BCUT2D eigenvalue weighted by Crippen LogP contribution is 2.20. The molecule has 0 aliphatic carbocycles. The zero-order chi connectivity index (χ0) is 13.1. The number of aryl methyl sites for hydroxylation is 2. The van der Waals surface area contributed by atoms with Crippen LogP contribution >= 0.6 is 0 Å². The van der Waals surface area contributed by atoms with Crippen molar-refractivity contribution in [2.24, 2.45) is 7.05 Å². The maximum Gasteiger partial charge on any atom is 0.0644 e. The van der Waals surface area contributed by atoms with Gasteiger partial charge < -0.3 is 5.32 Å². The summed E-state index contributed by atoms with van der Waals surface area (Å²) in [6.07, 6.45) is 3.64. The Labute approximate surface area is 108 Å². The van der Waals surface area contributed by atoms with Crippen molar-refractivity contribution < 1.29 is 0 Å². The summed E-state index contributed by atoms with van der Waals surface area (Å²) in [4.78, 5) is 4.02. The van der Waals surface area contributed by atoms with Crippen molar-refractivity contribution >= 4 is 0 Å². The van der Waals surface area contributed by atoms with E-state index in [4.69, 9.17) is 0 Å². The summed E-state index contributed by atoms with van der Waals surface area (Å²) in [7, 11) is 1.99. The van der Waals surface area contributed by atoms with Crippen LogP contribution in [0.25, 0.3) is 0 Å². The number of pyridine rings is 1. The van der Waals surface area contributed by atoms with Crippen molar-refractivity contribution in [1.82, 2.24) is 20.1 Å². The predicted molar refractivity (Wildman–Crippen MR) is 72.2 cm³/mol. The number of nitrogens with one attached hydrogen (secondary N) is 1.